The molecule has 3 amide bonds. The van der Waals surface area contributed by atoms with Gasteiger partial charge in [0.1, 0.15) is 0 Å². The first kappa shape index (κ1) is 27.1. The van der Waals surface area contributed by atoms with Crippen molar-refractivity contribution in [3.8, 4) is 0 Å². The van der Waals surface area contributed by atoms with Crippen LogP contribution in [0.25, 0.3) is 0 Å². The molecule has 0 radical (unpaired) electrons. The van der Waals surface area contributed by atoms with E-state index in [2.05, 4.69) is 0 Å². The van der Waals surface area contributed by atoms with Crippen LogP contribution in [0, 0.1) is 0 Å². The number of benzene rings is 3. The molecule has 2 aliphatic rings. The first-order valence-electron chi connectivity index (χ1n) is 12.9. The number of sulfonamides is 1. The van der Waals surface area contributed by atoms with Crippen LogP contribution in [0.5, 0.6) is 0 Å². The normalized spacial score (nSPS) is 15.6. The quantitative estimate of drug-likeness (QED) is 0.273. The molecule has 0 bridgehead atoms. The van der Waals surface area contributed by atoms with Gasteiger partial charge in [0.2, 0.25) is 10.0 Å². The van der Waals surface area contributed by atoms with Gasteiger partial charge in [-0.2, -0.15) is 4.31 Å². The number of fused-ring (bicyclic) bond motifs is 1. The third-order valence-electron chi connectivity index (χ3n) is 7.08. The summed E-state index contributed by atoms with van der Waals surface area (Å²) in [5, 5.41) is 0.535. The SMILES string of the molecule is O=C1c2ccccc2C(=O)N1CCCCN(C(=O)c1ccc(S(=O)(=O)N2CCCC2)cc1)c1ccc(Cl)cc1. The summed E-state index contributed by atoms with van der Waals surface area (Å²) >= 11 is 6.06. The van der Waals surface area contributed by atoms with Gasteiger partial charge in [-0.15, -0.1) is 0 Å². The van der Waals surface area contributed by atoms with Crippen molar-refractivity contribution in [1.29, 1.82) is 0 Å². The molecule has 3 aromatic carbocycles. The predicted octanol–water partition coefficient (Wildman–Crippen LogP) is 4.85. The first-order chi connectivity index (χ1) is 18.8. The van der Waals surface area contributed by atoms with Crippen LogP contribution in [-0.2, 0) is 10.0 Å². The van der Waals surface area contributed by atoms with Gasteiger partial charge in [0.25, 0.3) is 17.7 Å². The first-order valence-corrected chi connectivity index (χ1v) is 14.7. The van der Waals surface area contributed by atoms with E-state index in [1.807, 2.05) is 0 Å². The van der Waals surface area contributed by atoms with Crippen LogP contribution in [-0.4, -0.2) is 61.5 Å². The Balaban J connectivity index is 1.28. The minimum absolute atomic E-state index is 0.167. The topological polar surface area (TPSA) is 95.1 Å². The van der Waals surface area contributed by atoms with Crippen molar-refractivity contribution in [2.24, 2.45) is 0 Å². The number of carbonyl (C=O) groups excluding carboxylic acids is 3. The Labute approximate surface area is 232 Å². The van der Waals surface area contributed by atoms with E-state index in [0.717, 1.165) is 12.8 Å². The summed E-state index contributed by atoms with van der Waals surface area (Å²) < 4.78 is 27.2. The number of anilines is 1. The molecule has 5 rings (SSSR count). The molecule has 0 aromatic heterocycles. The average molecular weight is 566 g/mol. The number of imide groups is 1. The van der Waals surface area contributed by atoms with Crippen molar-refractivity contribution in [3.63, 3.8) is 0 Å². The second kappa shape index (κ2) is 11.3. The van der Waals surface area contributed by atoms with Crippen molar-refractivity contribution in [1.82, 2.24) is 9.21 Å². The van der Waals surface area contributed by atoms with E-state index in [1.54, 1.807) is 53.4 Å². The highest BCUT2D eigenvalue weighted by Gasteiger charge is 2.34. The van der Waals surface area contributed by atoms with Crippen LogP contribution in [0.1, 0.15) is 56.8 Å². The van der Waals surface area contributed by atoms with Gasteiger partial charge >= 0.3 is 0 Å². The molecule has 0 atom stereocenters. The molecular formula is C29H28ClN3O5S. The molecule has 10 heteroatoms. The summed E-state index contributed by atoms with van der Waals surface area (Å²) in [6.45, 7) is 1.59. The number of hydrogen-bond donors (Lipinski definition) is 0. The van der Waals surface area contributed by atoms with Crippen LogP contribution in [0.4, 0.5) is 5.69 Å². The molecule has 1 fully saturated rings. The standard InChI is InChI=1S/C29H28ClN3O5S/c30-22-11-13-23(14-12-22)32(19-5-6-20-33-28(35)25-7-1-2-8-26(25)29(33)36)27(34)21-9-15-24(16-10-21)39(37,38)31-17-3-4-18-31/h1-2,7-16H,3-6,17-20H2. The summed E-state index contributed by atoms with van der Waals surface area (Å²) in [5.74, 6) is -0.890. The monoisotopic (exact) mass is 565 g/mol. The van der Waals surface area contributed by atoms with Gasteiger partial charge < -0.3 is 4.90 Å². The van der Waals surface area contributed by atoms with E-state index >= 15 is 0 Å². The summed E-state index contributed by atoms with van der Waals surface area (Å²) in [5.41, 5.74) is 1.82. The molecule has 1 saturated heterocycles. The highest BCUT2D eigenvalue weighted by molar-refractivity contribution is 7.89. The summed E-state index contributed by atoms with van der Waals surface area (Å²) in [6, 6.07) is 19.7. The Hall–Kier alpha value is -3.53. The second-order valence-corrected chi connectivity index (χ2v) is 12.0. The van der Waals surface area contributed by atoms with Crippen molar-refractivity contribution < 1.29 is 22.8 Å². The number of hydrogen-bond acceptors (Lipinski definition) is 5. The maximum atomic E-state index is 13.6. The van der Waals surface area contributed by atoms with Gasteiger partial charge in [-0.3, -0.25) is 19.3 Å². The molecule has 8 nitrogen and oxygen atoms in total. The summed E-state index contributed by atoms with van der Waals surface area (Å²) in [4.78, 5) is 41.9. The van der Waals surface area contributed by atoms with E-state index in [-0.39, 0.29) is 29.2 Å². The lowest BCUT2D eigenvalue weighted by atomic mass is 10.1. The van der Waals surface area contributed by atoms with Crippen molar-refractivity contribution >= 4 is 45.0 Å². The molecular weight excluding hydrogens is 538 g/mol. The van der Waals surface area contributed by atoms with E-state index in [4.69, 9.17) is 11.6 Å². The van der Waals surface area contributed by atoms with Gasteiger partial charge in [0, 0.05) is 42.5 Å². The Morgan fingerprint density at radius 2 is 1.41 bits per heavy atom. The molecule has 0 saturated carbocycles. The molecule has 0 unspecified atom stereocenters. The number of halogens is 1. The Kier molecular flexibility index (Phi) is 7.83. The molecule has 2 heterocycles. The fourth-order valence-corrected chi connectivity index (χ4v) is 6.60. The fraction of sp³-hybridized carbons (Fsp3) is 0.276. The lowest BCUT2D eigenvalue weighted by Gasteiger charge is -2.24. The van der Waals surface area contributed by atoms with Crippen LogP contribution in [0.15, 0.2) is 77.7 Å². The zero-order valence-corrected chi connectivity index (χ0v) is 22.8. The molecule has 39 heavy (non-hydrogen) atoms. The average Bonchev–Trinajstić information content (AvgIpc) is 3.58. The lowest BCUT2D eigenvalue weighted by Crippen LogP contribution is -2.34. The molecule has 202 valence electrons. The molecule has 0 spiro atoms. The molecule has 3 aromatic rings. The smallest absolute Gasteiger partial charge is 0.261 e. The number of rotatable bonds is 9. The largest absolute Gasteiger partial charge is 0.308 e. The van der Waals surface area contributed by atoms with Crippen LogP contribution >= 0.6 is 11.6 Å². The van der Waals surface area contributed by atoms with Gasteiger partial charge in [-0.1, -0.05) is 23.7 Å². The van der Waals surface area contributed by atoms with Gasteiger partial charge in [-0.25, -0.2) is 8.42 Å². The van der Waals surface area contributed by atoms with Crippen LogP contribution in [0.3, 0.4) is 0 Å². The fourth-order valence-electron chi connectivity index (χ4n) is 4.95. The maximum Gasteiger partial charge on any atom is 0.261 e. The Morgan fingerprint density at radius 1 is 0.821 bits per heavy atom. The molecule has 0 N–H and O–H groups in total. The zero-order valence-electron chi connectivity index (χ0n) is 21.3. The van der Waals surface area contributed by atoms with E-state index in [0.29, 0.717) is 59.9 Å². The minimum atomic E-state index is -3.58. The third kappa shape index (κ3) is 5.48. The van der Waals surface area contributed by atoms with Crippen molar-refractivity contribution in [2.75, 3.05) is 31.1 Å². The Bertz CT molecular complexity index is 1470. The number of carbonyl (C=O) groups is 3. The molecule has 0 aliphatic carbocycles. The zero-order chi connectivity index (χ0) is 27.6. The molecule has 2 aliphatic heterocycles. The van der Waals surface area contributed by atoms with Gasteiger partial charge in [0.05, 0.1) is 16.0 Å². The predicted molar refractivity (Wildman–Crippen MR) is 149 cm³/mol. The third-order valence-corrected chi connectivity index (χ3v) is 9.24. The highest BCUT2D eigenvalue weighted by Crippen LogP contribution is 2.25. The summed E-state index contributed by atoms with van der Waals surface area (Å²) in [7, 11) is -3.58. The van der Waals surface area contributed by atoms with Crippen molar-refractivity contribution in [3.05, 3.63) is 94.5 Å². The maximum absolute atomic E-state index is 13.6. The van der Waals surface area contributed by atoms with E-state index < -0.39 is 10.0 Å². The second-order valence-electron chi connectivity index (χ2n) is 9.58. The van der Waals surface area contributed by atoms with Crippen LogP contribution < -0.4 is 4.90 Å². The highest BCUT2D eigenvalue weighted by atomic mass is 35.5. The van der Waals surface area contributed by atoms with Crippen molar-refractivity contribution in [2.45, 2.75) is 30.6 Å². The Morgan fingerprint density at radius 3 is 2.00 bits per heavy atom. The number of amides is 3. The minimum Gasteiger partial charge on any atom is -0.308 e. The number of nitrogens with zero attached hydrogens (tertiary/aromatic N) is 3. The van der Waals surface area contributed by atoms with E-state index in [9.17, 15) is 22.8 Å². The number of unbranched alkanes of at least 4 members (excludes halogenated alkanes) is 1. The van der Waals surface area contributed by atoms with Gasteiger partial charge in [-0.05, 0) is 86.3 Å². The lowest BCUT2D eigenvalue weighted by molar-refractivity contribution is 0.0651. The van der Waals surface area contributed by atoms with E-state index in [1.165, 1.54) is 33.5 Å². The van der Waals surface area contributed by atoms with Crippen LogP contribution in [0.2, 0.25) is 5.02 Å². The van der Waals surface area contributed by atoms with Gasteiger partial charge in [0.15, 0.2) is 0 Å². The summed E-state index contributed by atoms with van der Waals surface area (Å²) in [6.07, 6.45) is 2.73.